The van der Waals surface area contributed by atoms with E-state index in [4.69, 9.17) is 4.74 Å². The molecule has 0 aliphatic heterocycles. The number of amides is 3. The molecule has 0 radical (unpaired) electrons. The number of hydrogen-bond acceptors (Lipinski definition) is 4. The predicted octanol–water partition coefficient (Wildman–Crippen LogP) is 7.58. The normalized spacial score (nSPS) is 13.5. The third kappa shape index (κ3) is 9.76. The molecule has 7 heteroatoms. The minimum absolute atomic E-state index is 0.189. The van der Waals surface area contributed by atoms with Gasteiger partial charge in [0.05, 0.1) is 0 Å². The number of anilines is 1. The molecule has 0 saturated carbocycles. The zero-order valence-electron chi connectivity index (χ0n) is 26.2. The number of nitrogens with one attached hydrogen (secondary N) is 2. The first-order valence-corrected chi connectivity index (χ1v) is 14.7. The van der Waals surface area contributed by atoms with Crippen LogP contribution in [0.4, 0.5) is 10.5 Å². The Morgan fingerprint density at radius 3 is 2.22 bits per heavy atom. The first-order valence-electron chi connectivity index (χ1n) is 14.7. The van der Waals surface area contributed by atoms with Crippen LogP contribution in [0.25, 0.3) is 6.08 Å². The van der Waals surface area contributed by atoms with Crippen LogP contribution in [0.2, 0.25) is 0 Å². The van der Waals surface area contributed by atoms with Crippen LogP contribution in [0, 0.1) is 19.8 Å². The highest BCUT2D eigenvalue weighted by molar-refractivity contribution is 6.00. The van der Waals surface area contributed by atoms with Crippen molar-refractivity contribution < 1.29 is 19.1 Å². The number of para-hydroxylation sites is 1. The summed E-state index contributed by atoms with van der Waals surface area (Å²) >= 11 is 0. The van der Waals surface area contributed by atoms with Crippen molar-refractivity contribution in [2.45, 2.75) is 98.8 Å². The number of alkyl carbamates (subject to hydrolysis) is 1. The van der Waals surface area contributed by atoms with Crippen LogP contribution in [0.1, 0.15) is 95.5 Å². The van der Waals surface area contributed by atoms with Crippen molar-refractivity contribution in [1.82, 2.24) is 10.2 Å². The highest BCUT2D eigenvalue weighted by Crippen LogP contribution is 2.29. The molecule has 0 bridgehead atoms. The van der Waals surface area contributed by atoms with Gasteiger partial charge in [-0.25, -0.2) is 4.79 Å². The van der Waals surface area contributed by atoms with Gasteiger partial charge in [-0.1, -0.05) is 89.1 Å². The Morgan fingerprint density at radius 1 is 1.02 bits per heavy atom. The van der Waals surface area contributed by atoms with Gasteiger partial charge in [0.1, 0.15) is 17.7 Å². The van der Waals surface area contributed by atoms with E-state index in [0.29, 0.717) is 18.5 Å². The molecule has 2 N–H and O–H groups in total. The van der Waals surface area contributed by atoms with Gasteiger partial charge in [0.15, 0.2) is 0 Å². The van der Waals surface area contributed by atoms with E-state index in [1.165, 1.54) is 0 Å². The third-order valence-electron chi connectivity index (χ3n) is 7.19. The number of carbonyl (C=O) groups excluding carboxylic acids is 3. The number of nitrogens with zero attached hydrogens (tertiary/aromatic N) is 1. The van der Waals surface area contributed by atoms with Crippen LogP contribution in [0.3, 0.4) is 0 Å². The summed E-state index contributed by atoms with van der Waals surface area (Å²) in [5.41, 5.74) is 3.41. The lowest BCUT2D eigenvalue weighted by Gasteiger charge is -2.36. The van der Waals surface area contributed by atoms with Gasteiger partial charge >= 0.3 is 6.09 Å². The van der Waals surface area contributed by atoms with Gasteiger partial charge in [-0.05, 0) is 75.3 Å². The molecular formula is C34H49N3O4. The lowest BCUT2D eigenvalue weighted by atomic mass is 9.95. The maximum atomic E-state index is 14.5. The van der Waals surface area contributed by atoms with Gasteiger partial charge < -0.3 is 20.3 Å². The summed E-state index contributed by atoms with van der Waals surface area (Å²) in [5.74, 6) is -0.814. The van der Waals surface area contributed by atoms with E-state index in [1.807, 2.05) is 70.2 Å². The largest absolute Gasteiger partial charge is 0.444 e. The molecule has 0 aliphatic carbocycles. The van der Waals surface area contributed by atoms with Crippen LogP contribution < -0.4 is 10.6 Å². The van der Waals surface area contributed by atoms with Gasteiger partial charge in [-0.2, -0.15) is 0 Å². The molecule has 0 fully saturated rings. The Bertz CT molecular complexity index is 1180. The molecule has 41 heavy (non-hydrogen) atoms. The maximum absolute atomic E-state index is 14.5. The third-order valence-corrected chi connectivity index (χ3v) is 7.19. The highest BCUT2D eigenvalue weighted by atomic mass is 16.6. The zero-order valence-corrected chi connectivity index (χ0v) is 26.2. The number of ether oxygens (including phenoxy) is 1. The van der Waals surface area contributed by atoms with Crippen molar-refractivity contribution in [3.8, 4) is 0 Å². The van der Waals surface area contributed by atoms with Gasteiger partial charge in [-0.15, -0.1) is 0 Å². The molecule has 2 rings (SSSR count). The number of aryl methyl sites for hydroxylation is 2. The Morgan fingerprint density at radius 2 is 1.66 bits per heavy atom. The standard InChI is InChI=1S/C34H49N3O4/c1-10-13-14-21-37(32(39)29(23(4)11-2)36-33(40)41-34(7,8)9)30(27-20-16-19-26(12-3)22-27)31(38)35-28-24(5)17-15-18-25(28)6/h12,15-20,22-23,29-30H,3,10-11,13-14,21H2,1-2,4-9H3,(H,35,38)(H,36,40). The Balaban J connectivity index is 2.64. The number of carbonyl (C=O) groups is 3. The first-order chi connectivity index (χ1) is 19.3. The predicted molar refractivity (Wildman–Crippen MR) is 168 cm³/mol. The van der Waals surface area contributed by atoms with Gasteiger partial charge in [0.25, 0.3) is 5.91 Å². The van der Waals surface area contributed by atoms with Crippen LogP contribution in [-0.4, -0.2) is 41.0 Å². The fourth-order valence-corrected chi connectivity index (χ4v) is 4.73. The van der Waals surface area contributed by atoms with Crippen LogP contribution in [-0.2, 0) is 14.3 Å². The van der Waals surface area contributed by atoms with Crippen LogP contribution in [0.5, 0.6) is 0 Å². The summed E-state index contributed by atoms with van der Waals surface area (Å²) < 4.78 is 5.51. The second kappa shape index (κ2) is 15.4. The second-order valence-corrected chi connectivity index (χ2v) is 11.8. The topological polar surface area (TPSA) is 87.7 Å². The fourth-order valence-electron chi connectivity index (χ4n) is 4.73. The average Bonchev–Trinajstić information content (AvgIpc) is 2.91. The average molecular weight is 564 g/mol. The van der Waals surface area contributed by atoms with Crippen molar-refractivity contribution in [2.24, 2.45) is 5.92 Å². The molecule has 3 amide bonds. The molecule has 0 aliphatic rings. The van der Waals surface area contributed by atoms with Crippen molar-refractivity contribution >= 4 is 29.7 Å². The quantitative estimate of drug-likeness (QED) is 0.246. The molecule has 0 heterocycles. The van der Waals surface area contributed by atoms with E-state index < -0.39 is 23.8 Å². The zero-order chi connectivity index (χ0) is 30.7. The van der Waals surface area contributed by atoms with Crippen molar-refractivity contribution in [3.63, 3.8) is 0 Å². The molecule has 7 nitrogen and oxygen atoms in total. The van der Waals surface area contributed by atoms with E-state index in [-0.39, 0.29) is 17.7 Å². The fraction of sp³-hybridized carbons (Fsp3) is 0.500. The summed E-state index contributed by atoms with van der Waals surface area (Å²) in [6.45, 7) is 19.5. The van der Waals surface area contributed by atoms with E-state index >= 15 is 0 Å². The minimum Gasteiger partial charge on any atom is -0.444 e. The summed E-state index contributed by atoms with van der Waals surface area (Å²) in [7, 11) is 0. The Labute approximate surface area is 246 Å². The molecule has 3 atom stereocenters. The highest BCUT2D eigenvalue weighted by Gasteiger charge is 2.38. The number of rotatable bonds is 13. The Hall–Kier alpha value is -3.61. The molecule has 0 aromatic heterocycles. The van der Waals surface area contributed by atoms with Gasteiger partial charge in [0, 0.05) is 12.2 Å². The monoisotopic (exact) mass is 563 g/mol. The molecule has 2 aromatic rings. The first kappa shape index (κ1) is 33.6. The molecule has 0 saturated heterocycles. The minimum atomic E-state index is -0.926. The molecule has 0 spiro atoms. The maximum Gasteiger partial charge on any atom is 0.408 e. The summed E-state index contributed by atoms with van der Waals surface area (Å²) in [4.78, 5) is 43.2. The van der Waals surface area contributed by atoms with Crippen molar-refractivity contribution in [1.29, 1.82) is 0 Å². The molecule has 3 unspecified atom stereocenters. The lowest BCUT2D eigenvalue weighted by molar-refractivity contribution is -0.142. The van der Waals surface area contributed by atoms with Crippen LogP contribution >= 0.6 is 0 Å². The van der Waals surface area contributed by atoms with Crippen molar-refractivity contribution in [2.75, 3.05) is 11.9 Å². The number of unbranched alkanes of at least 4 members (excludes halogenated alkanes) is 2. The summed E-state index contributed by atoms with van der Waals surface area (Å²) in [6, 6.07) is 11.6. The van der Waals surface area contributed by atoms with Gasteiger partial charge in [-0.3, -0.25) is 9.59 Å². The van der Waals surface area contributed by atoms with Crippen LogP contribution in [0.15, 0.2) is 49.0 Å². The molecule has 224 valence electrons. The van der Waals surface area contributed by atoms with E-state index in [2.05, 4.69) is 24.1 Å². The summed E-state index contributed by atoms with van der Waals surface area (Å²) in [5, 5.41) is 5.95. The smallest absolute Gasteiger partial charge is 0.408 e. The number of benzene rings is 2. The van der Waals surface area contributed by atoms with E-state index in [0.717, 1.165) is 41.6 Å². The second-order valence-electron chi connectivity index (χ2n) is 11.8. The summed E-state index contributed by atoms with van der Waals surface area (Å²) in [6.07, 6.45) is 4.29. The van der Waals surface area contributed by atoms with Gasteiger partial charge in [0.2, 0.25) is 5.91 Å². The molecule has 2 aromatic carbocycles. The SMILES string of the molecule is C=Cc1cccc(C(C(=O)Nc2c(C)cccc2C)N(CCCCC)C(=O)C(NC(=O)OC(C)(C)C)C(C)CC)c1. The number of hydrogen-bond donors (Lipinski definition) is 2. The van der Waals surface area contributed by atoms with E-state index in [9.17, 15) is 14.4 Å². The lowest BCUT2D eigenvalue weighted by Crippen LogP contribution is -2.55. The van der Waals surface area contributed by atoms with Crippen molar-refractivity contribution in [3.05, 3.63) is 71.3 Å². The Kier molecular flexibility index (Phi) is 12.6. The molecular weight excluding hydrogens is 514 g/mol. The van der Waals surface area contributed by atoms with E-state index in [1.54, 1.807) is 31.7 Å².